The zero-order valence-electron chi connectivity index (χ0n) is 15.9. The van der Waals surface area contributed by atoms with Gasteiger partial charge in [0.25, 0.3) is 11.8 Å². The summed E-state index contributed by atoms with van der Waals surface area (Å²) in [4.78, 5) is 25.1. The van der Waals surface area contributed by atoms with E-state index in [1.165, 1.54) is 5.56 Å². The number of hydrogen-bond donors (Lipinski definition) is 2. The minimum atomic E-state index is -0.229. The van der Waals surface area contributed by atoms with Gasteiger partial charge >= 0.3 is 0 Å². The van der Waals surface area contributed by atoms with E-state index in [1.807, 2.05) is 43.3 Å². The molecular weight excluding hydrogens is 348 g/mol. The van der Waals surface area contributed by atoms with Gasteiger partial charge in [-0.1, -0.05) is 60.2 Å². The number of hydrogen-bond acceptors (Lipinski definition) is 2. The molecule has 0 radical (unpaired) electrons. The quantitative estimate of drug-likeness (QED) is 0.595. The van der Waals surface area contributed by atoms with Gasteiger partial charge in [-0.25, -0.2) is 0 Å². The smallest absolute Gasteiger partial charge is 0.255 e. The molecule has 0 aromatic heterocycles. The van der Waals surface area contributed by atoms with E-state index in [9.17, 15) is 9.59 Å². The maximum Gasteiger partial charge on any atom is 0.255 e. The second kappa shape index (κ2) is 9.51. The van der Waals surface area contributed by atoms with Crippen molar-refractivity contribution in [2.24, 2.45) is 0 Å². The van der Waals surface area contributed by atoms with Crippen LogP contribution in [-0.4, -0.2) is 18.4 Å². The molecule has 0 heterocycles. The number of benzene rings is 3. The molecule has 0 unspecified atom stereocenters. The Balaban J connectivity index is 1.59. The van der Waals surface area contributed by atoms with Crippen LogP contribution >= 0.6 is 0 Å². The molecule has 28 heavy (non-hydrogen) atoms. The van der Waals surface area contributed by atoms with Gasteiger partial charge in [0, 0.05) is 12.1 Å². The van der Waals surface area contributed by atoms with Gasteiger partial charge in [0.1, 0.15) is 0 Å². The van der Waals surface area contributed by atoms with E-state index in [0.29, 0.717) is 23.4 Å². The Kier molecular flexibility index (Phi) is 6.58. The van der Waals surface area contributed by atoms with E-state index in [0.717, 1.165) is 18.4 Å². The molecule has 142 valence electrons. The Bertz CT molecular complexity index is 952. The second-order valence-corrected chi connectivity index (χ2v) is 6.71. The van der Waals surface area contributed by atoms with Crippen LogP contribution in [0.15, 0.2) is 78.9 Å². The van der Waals surface area contributed by atoms with Crippen molar-refractivity contribution in [2.45, 2.75) is 19.8 Å². The highest BCUT2D eigenvalue weighted by Crippen LogP contribution is 2.17. The molecule has 0 bridgehead atoms. The standard InChI is InChI=1S/C24H24N2O2/c1-18-9-7-13-20(17-18)23(27)26-22-15-6-5-14-21(22)24(28)25-16-8-12-19-10-3-2-4-11-19/h2-7,9-11,13-15,17H,8,12,16H2,1H3,(H,25,28)(H,26,27). The van der Waals surface area contributed by atoms with Crippen LogP contribution < -0.4 is 10.6 Å². The molecule has 2 N–H and O–H groups in total. The van der Waals surface area contributed by atoms with Gasteiger partial charge in [0.05, 0.1) is 11.3 Å². The fraction of sp³-hybridized carbons (Fsp3) is 0.167. The van der Waals surface area contributed by atoms with Crippen LogP contribution in [0.3, 0.4) is 0 Å². The van der Waals surface area contributed by atoms with Crippen LogP contribution in [-0.2, 0) is 6.42 Å². The first-order valence-electron chi connectivity index (χ1n) is 9.42. The number of nitrogens with one attached hydrogen (secondary N) is 2. The minimum Gasteiger partial charge on any atom is -0.352 e. The molecule has 0 aliphatic heterocycles. The highest BCUT2D eigenvalue weighted by Gasteiger charge is 2.13. The summed E-state index contributed by atoms with van der Waals surface area (Å²) in [6, 6.07) is 24.6. The van der Waals surface area contributed by atoms with Crippen LogP contribution in [0, 0.1) is 6.92 Å². The maximum atomic E-state index is 12.6. The first kappa shape index (κ1) is 19.4. The van der Waals surface area contributed by atoms with Crippen LogP contribution in [0.4, 0.5) is 5.69 Å². The molecule has 0 spiro atoms. The third-order valence-corrected chi connectivity index (χ3v) is 4.47. The zero-order chi connectivity index (χ0) is 19.8. The first-order chi connectivity index (χ1) is 13.6. The number of carbonyl (C=O) groups excluding carboxylic acids is 2. The van der Waals surface area contributed by atoms with E-state index in [-0.39, 0.29) is 11.8 Å². The van der Waals surface area contributed by atoms with Crippen molar-refractivity contribution < 1.29 is 9.59 Å². The third-order valence-electron chi connectivity index (χ3n) is 4.47. The molecule has 0 aliphatic carbocycles. The van der Waals surface area contributed by atoms with Crippen LogP contribution in [0.5, 0.6) is 0 Å². The summed E-state index contributed by atoms with van der Waals surface area (Å²) in [6.07, 6.45) is 1.76. The van der Waals surface area contributed by atoms with Gasteiger partial charge in [-0.2, -0.15) is 0 Å². The molecule has 0 aliphatic rings. The first-order valence-corrected chi connectivity index (χ1v) is 9.42. The molecule has 2 amide bonds. The summed E-state index contributed by atoms with van der Waals surface area (Å²) in [7, 11) is 0. The summed E-state index contributed by atoms with van der Waals surface area (Å²) < 4.78 is 0. The number of carbonyl (C=O) groups is 2. The second-order valence-electron chi connectivity index (χ2n) is 6.71. The Morgan fingerprint density at radius 3 is 2.36 bits per heavy atom. The molecule has 3 rings (SSSR count). The summed E-state index contributed by atoms with van der Waals surface area (Å²) in [5.41, 5.74) is 3.80. The van der Waals surface area contributed by atoms with E-state index < -0.39 is 0 Å². The Morgan fingerprint density at radius 2 is 1.57 bits per heavy atom. The molecule has 4 nitrogen and oxygen atoms in total. The van der Waals surface area contributed by atoms with Crippen LogP contribution in [0.25, 0.3) is 0 Å². The molecule has 3 aromatic rings. The molecule has 0 atom stereocenters. The van der Waals surface area contributed by atoms with Gasteiger partial charge < -0.3 is 10.6 Å². The lowest BCUT2D eigenvalue weighted by molar-refractivity contribution is 0.0954. The highest BCUT2D eigenvalue weighted by atomic mass is 16.2. The number of para-hydroxylation sites is 1. The molecule has 0 fully saturated rings. The van der Waals surface area contributed by atoms with Crippen molar-refractivity contribution in [3.05, 3.63) is 101 Å². The SMILES string of the molecule is Cc1cccc(C(=O)Nc2ccccc2C(=O)NCCCc2ccccc2)c1. The molecule has 0 saturated heterocycles. The van der Waals surface area contributed by atoms with Crippen molar-refractivity contribution in [2.75, 3.05) is 11.9 Å². The van der Waals surface area contributed by atoms with Crippen molar-refractivity contribution in [1.82, 2.24) is 5.32 Å². The Labute approximate surface area is 165 Å². The lowest BCUT2D eigenvalue weighted by Crippen LogP contribution is -2.26. The van der Waals surface area contributed by atoms with Crippen LogP contribution in [0.2, 0.25) is 0 Å². The van der Waals surface area contributed by atoms with Gasteiger partial charge in [-0.3, -0.25) is 9.59 Å². The predicted molar refractivity (Wildman–Crippen MR) is 113 cm³/mol. The van der Waals surface area contributed by atoms with E-state index in [2.05, 4.69) is 22.8 Å². The number of aryl methyl sites for hydroxylation is 2. The van der Waals surface area contributed by atoms with E-state index in [1.54, 1.807) is 30.3 Å². The summed E-state index contributed by atoms with van der Waals surface area (Å²) in [5.74, 6) is -0.416. The van der Waals surface area contributed by atoms with Gasteiger partial charge in [0.2, 0.25) is 0 Å². The summed E-state index contributed by atoms with van der Waals surface area (Å²) in [6.45, 7) is 2.52. The number of rotatable bonds is 7. The average molecular weight is 372 g/mol. The molecule has 3 aromatic carbocycles. The van der Waals surface area contributed by atoms with Gasteiger partial charge in [-0.15, -0.1) is 0 Å². The molecular formula is C24H24N2O2. The minimum absolute atomic E-state index is 0.187. The fourth-order valence-electron chi connectivity index (χ4n) is 3.01. The van der Waals surface area contributed by atoms with Gasteiger partial charge in [-0.05, 0) is 49.6 Å². The average Bonchev–Trinajstić information content (AvgIpc) is 2.72. The zero-order valence-corrected chi connectivity index (χ0v) is 15.9. The highest BCUT2D eigenvalue weighted by molar-refractivity contribution is 6.09. The largest absolute Gasteiger partial charge is 0.352 e. The summed E-state index contributed by atoms with van der Waals surface area (Å²) >= 11 is 0. The lowest BCUT2D eigenvalue weighted by atomic mass is 10.1. The molecule has 0 saturated carbocycles. The molecule has 4 heteroatoms. The number of anilines is 1. The van der Waals surface area contributed by atoms with E-state index >= 15 is 0 Å². The van der Waals surface area contributed by atoms with Gasteiger partial charge in [0.15, 0.2) is 0 Å². The summed E-state index contributed by atoms with van der Waals surface area (Å²) in [5, 5.41) is 5.79. The monoisotopic (exact) mass is 372 g/mol. The lowest BCUT2D eigenvalue weighted by Gasteiger charge is -2.12. The normalized spacial score (nSPS) is 10.3. The maximum absolute atomic E-state index is 12.6. The van der Waals surface area contributed by atoms with E-state index in [4.69, 9.17) is 0 Å². The van der Waals surface area contributed by atoms with Crippen LogP contribution in [0.1, 0.15) is 38.3 Å². The topological polar surface area (TPSA) is 58.2 Å². The Hall–Kier alpha value is -3.40. The van der Waals surface area contributed by atoms with Crippen molar-refractivity contribution >= 4 is 17.5 Å². The Morgan fingerprint density at radius 1 is 0.821 bits per heavy atom. The van der Waals surface area contributed by atoms with Crippen molar-refractivity contribution in [3.63, 3.8) is 0 Å². The van der Waals surface area contributed by atoms with Crippen molar-refractivity contribution in [1.29, 1.82) is 0 Å². The fourth-order valence-corrected chi connectivity index (χ4v) is 3.01. The third kappa shape index (κ3) is 5.30. The van der Waals surface area contributed by atoms with Crippen molar-refractivity contribution in [3.8, 4) is 0 Å². The predicted octanol–water partition coefficient (Wildman–Crippen LogP) is 4.61. The number of amides is 2.